The molecule has 0 saturated carbocycles. The zero-order valence-corrected chi connectivity index (χ0v) is 10.6. The van der Waals surface area contributed by atoms with Crippen molar-refractivity contribution in [3.63, 3.8) is 0 Å². The van der Waals surface area contributed by atoms with E-state index in [4.69, 9.17) is 0 Å². The summed E-state index contributed by atoms with van der Waals surface area (Å²) < 4.78 is 0. The Morgan fingerprint density at radius 2 is 1.88 bits per heavy atom. The van der Waals surface area contributed by atoms with Gasteiger partial charge in [-0.25, -0.2) is 0 Å². The molecule has 0 aliphatic heterocycles. The highest BCUT2D eigenvalue weighted by Crippen LogP contribution is 2.20. The van der Waals surface area contributed by atoms with Gasteiger partial charge in [-0.2, -0.15) is 0 Å². The molecular weight excluding hydrogens is 214 g/mol. The van der Waals surface area contributed by atoms with Crippen LogP contribution in [0.3, 0.4) is 0 Å². The zero-order valence-electron chi connectivity index (χ0n) is 10.6. The lowest BCUT2D eigenvalue weighted by molar-refractivity contribution is -0.129. The molecule has 3 heteroatoms. The first-order valence-electron chi connectivity index (χ1n) is 5.60. The summed E-state index contributed by atoms with van der Waals surface area (Å²) >= 11 is 0. The van der Waals surface area contributed by atoms with Crippen LogP contribution >= 0.6 is 0 Å². The third-order valence-corrected chi connectivity index (χ3v) is 2.89. The van der Waals surface area contributed by atoms with E-state index in [1.165, 1.54) is 4.90 Å². The summed E-state index contributed by atoms with van der Waals surface area (Å²) in [5, 5.41) is 10.2. The van der Waals surface area contributed by atoms with Gasteiger partial charge in [0, 0.05) is 12.6 Å². The third kappa shape index (κ3) is 3.17. The van der Waals surface area contributed by atoms with Crippen molar-refractivity contribution in [3.05, 3.63) is 48.0 Å². The molecule has 1 N–H and O–H groups in total. The number of likely N-dealkylation sites (N-methyl/N-ethyl adjacent to an activating group) is 1. The van der Waals surface area contributed by atoms with Gasteiger partial charge in [0.05, 0.1) is 12.1 Å². The van der Waals surface area contributed by atoms with Gasteiger partial charge in [-0.1, -0.05) is 36.9 Å². The maximum atomic E-state index is 11.7. The Hall–Kier alpha value is -1.61. The third-order valence-electron chi connectivity index (χ3n) is 2.89. The van der Waals surface area contributed by atoms with E-state index >= 15 is 0 Å². The molecule has 0 spiro atoms. The minimum atomic E-state index is -0.690. The number of amides is 1. The van der Waals surface area contributed by atoms with E-state index in [1.54, 1.807) is 14.0 Å². The Morgan fingerprint density at radius 1 is 1.35 bits per heavy atom. The summed E-state index contributed by atoms with van der Waals surface area (Å²) in [6.45, 7) is 7.10. The second-order valence-electron chi connectivity index (χ2n) is 4.29. The first kappa shape index (κ1) is 13.5. The molecule has 0 radical (unpaired) electrons. The quantitative estimate of drug-likeness (QED) is 0.809. The van der Waals surface area contributed by atoms with Crippen molar-refractivity contribution in [2.24, 2.45) is 0 Å². The standard InChI is InChI=1S/C14H19NO2/c1-10(2)14(17)15(4)11(3)13(16)12-8-6-5-7-9-12/h5-9,11,13,16H,1H2,2-4H3/t11-,13+/m0/s1. The molecule has 17 heavy (non-hydrogen) atoms. The van der Waals surface area contributed by atoms with Crippen LogP contribution in [-0.4, -0.2) is 29.0 Å². The fourth-order valence-corrected chi connectivity index (χ4v) is 1.63. The Balaban J connectivity index is 2.80. The molecule has 3 nitrogen and oxygen atoms in total. The van der Waals surface area contributed by atoms with Crippen molar-refractivity contribution < 1.29 is 9.90 Å². The predicted molar refractivity (Wildman–Crippen MR) is 68.4 cm³/mol. The molecule has 1 aromatic carbocycles. The molecule has 0 aliphatic carbocycles. The molecule has 0 saturated heterocycles. The number of aliphatic hydroxyl groups excluding tert-OH is 1. The highest BCUT2D eigenvalue weighted by molar-refractivity contribution is 5.92. The van der Waals surface area contributed by atoms with Gasteiger partial charge in [0.25, 0.3) is 0 Å². The van der Waals surface area contributed by atoms with Crippen molar-refractivity contribution in [3.8, 4) is 0 Å². The van der Waals surface area contributed by atoms with Crippen LogP contribution < -0.4 is 0 Å². The zero-order chi connectivity index (χ0) is 13.0. The molecule has 1 aromatic rings. The fraction of sp³-hybridized carbons (Fsp3) is 0.357. The van der Waals surface area contributed by atoms with Crippen LogP contribution in [-0.2, 0) is 4.79 Å². The number of carbonyl (C=O) groups excluding carboxylic acids is 1. The van der Waals surface area contributed by atoms with Gasteiger partial charge in [-0.05, 0) is 19.4 Å². The van der Waals surface area contributed by atoms with Crippen LogP contribution in [0.15, 0.2) is 42.5 Å². The van der Waals surface area contributed by atoms with E-state index in [9.17, 15) is 9.90 Å². The second kappa shape index (κ2) is 5.64. The highest BCUT2D eigenvalue weighted by Gasteiger charge is 2.23. The van der Waals surface area contributed by atoms with E-state index in [-0.39, 0.29) is 11.9 Å². The van der Waals surface area contributed by atoms with Gasteiger partial charge in [0.15, 0.2) is 0 Å². The number of rotatable bonds is 4. The Morgan fingerprint density at radius 3 is 2.35 bits per heavy atom. The summed E-state index contributed by atoms with van der Waals surface area (Å²) in [5.41, 5.74) is 1.28. The molecule has 2 atom stereocenters. The molecule has 0 unspecified atom stereocenters. The van der Waals surface area contributed by atoms with Crippen LogP contribution in [0.2, 0.25) is 0 Å². The van der Waals surface area contributed by atoms with Crippen LogP contribution in [0.4, 0.5) is 0 Å². The monoisotopic (exact) mass is 233 g/mol. The molecule has 0 bridgehead atoms. The van der Waals surface area contributed by atoms with Crippen molar-refractivity contribution in [1.29, 1.82) is 0 Å². The second-order valence-corrected chi connectivity index (χ2v) is 4.29. The first-order chi connectivity index (χ1) is 7.95. The SMILES string of the molecule is C=C(C)C(=O)N(C)[C@@H](C)[C@@H](O)c1ccccc1. The lowest BCUT2D eigenvalue weighted by Crippen LogP contribution is -2.39. The van der Waals surface area contributed by atoms with Crippen LogP contribution in [0.25, 0.3) is 0 Å². The first-order valence-corrected chi connectivity index (χ1v) is 5.60. The van der Waals surface area contributed by atoms with Gasteiger partial charge in [-0.3, -0.25) is 4.79 Å². The smallest absolute Gasteiger partial charge is 0.248 e. The summed E-state index contributed by atoms with van der Waals surface area (Å²) in [7, 11) is 1.67. The summed E-state index contributed by atoms with van der Waals surface area (Å²) in [4.78, 5) is 13.2. The average molecular weight is 233 g/mol. The average Bonchev–Trinajstić information content (AvgIpc) is 2.36. The van der Waals surface area contributed by atoms with Crippen molar-refractivity contribution in [2.75, 3.05) is 7.05 Å². The Labute approximate surface area is 102 Å². The summed E-state index contributed by atoms with van der Waals surface area (Å²) in [6.07, 6.45) is -0.690. The molecule has 92 valence electrons. The van der Waals surface area contributed by atoms with Crippen molar-refractivity contribution in [2.45, 2.75) is 26.0 Å². The highest BCUT2D eigenvalue weighted by atomic mass is 16.3. The van der Waals surface area contributed by atoms with E-state index < -0.39 is 6.10 Å². The molecule has 0 aliphatic rings. The van der Waals surface area contributed by atoms with Gasteiger partial charge >= 0.3 is 0 Å². The van der Waals surface area contributed by atoms with Crippen molar-refractivity contribution >= 4 is 5.91 Å². The number of hydrogen-bond acceptors (Lipinski definition) is 2. The Bertz CT molecular complexity index is 400. The van der Waals surface area contributed by atoms with Crippen LogP contribution in [0, 0.1) is 0 Å². The van der Waals surface area contributed by atoms with Crippen LogP contribution in [0.1, 0.15) is 25.5 Å². The fourth-order valence-electron chi connectivity index (χ4n) is 1.63. The molecule has 0 fully saturated rings. The molecule has 0 aromatic heterocycles. The van der Waals surface area contributed by atoms with E-state index in [0.717, 1.165) is 5.56 Å². The minimum absolute atomic E-state index is 0.146. The van der Waals surface area contributed by atoms with Gasteiger partial charge in [0.1, 0.15) is 0 Å². The lowest BCUT2D eigenvalue weighted by atomic mass is 10.0. The van der Waals surface area contributed by atoms with Gasteiger partial charge < -0.3 is 10.0 Å². The van der Waals surface area contributed by atoms with E-state index in [2.05, 4.69) is 6.58 Å². The minimum Gasteiger partial charge on any atom is -0.386 e. The molecule has 1 rings (SSSR count). The number of nitrogens with zero attached hydrogens (tertiary/aromatic N) is 1. The topological polar surface area (TPSA) is 40.5 Å². The van der Waals surface area contributed by atoms with E-state index in [1.807, 2.05) is 37.3 Å². The normalized spacial score (nSPS) is 13.9. The maximum Gasteiger partial charge on any atom is 0.248 e. The number of aliphatic hydroxyl groups is 1. The Kier molecular flexibility index (Phi) is 4.46. The predicted octanol–water partition coefficient (Wildman–Crippen LogP) is 2.14. The lowest BCUT2D eigenvalue weighted by Gasteiger charge is -2.29. The van der Waals surface area contributed by atoms with Crippen molar-refractivity contribution in [1.82, 2.24) is 4.90 Å². The number of benzene rings is 1. The van der Waals surface area contributed by atoms with Gasteiger partial charge in [-0.15, -0.1) is 0 Å². The largest absolute Gasteiger partial charge is 0.386 e. The maximum absolute atomic E-state index is 11.7. The number of carbonyl (C=O) groups is 1. The number of hydrogen-bond donors (Lipinski definition) is 1. The molecule has 0 heterocycles. The molecule has 1 amide bonds. The van der Waals surface area contributed by atoms with E-state index in [0.29, 0.717) is 5.57 Å². The summed E-state index contributed by atoms with van der Waals surface area (Å²) in [6, 6.07) is 9.03. The summed E-state index contributed by atoms with van der Waals surface area (Å²) in [5.74, 6) is -0.146. The molecular formula is C14H19NO2. The van der Waals surface area contributed by atoms with Gasteiger partial charge in [0.2, 0.25) is 5.91 Å². The van der Waals surface area contributed by atoms with Crippen LogP contribution in [0.5, 0.6) is 0 Å².